The molecule has 1 aromatic rings. The highest BCUT2D eigenvalue weighted by Crippen LogP contribution is 2.37. The van der Waals surface area contributed by atoms with Gasteiger partial charge in [-0.15, -0.1) is 0 Å². The molecule has 17 heavy (non-hydrogen) atoms. The Morgan fingerprint density at radius 3 is 2.59 bits per heavy atom. The molecule has 3 heteroatoms. The first-order valence-electron chi connectivity index (χ1n) is 6.34. The number of carbonyl (C=O) groups excluding carboxylic acids is 1. The minimum Gasteiger partial charge on any atom is -0.398 e. The van der Waals surface area contributed by atoms with Crippen LogP contribution < -0.4 is 11.5 Å². The van der Waals surface area contributed by atoms with Crippen LogP contribution in [0.25, 0.3) is 0 Å². The standard InChI is InChI=1S/C14H20N2O/c15-12-8-4-7-11(9-13(16)17)14(12)10-5-2-1-3-6-10/h4,7-8,10H,1-3,5-6,9,15H2,(H2,16,17). The third-order valence-electron chi connectivity index (χ3n) is 3.61. The van der Waals surface area contributed by atoms with Crippen LogP contribution in [0.5, 0.6) is 0 Å². The van der Waals surface area contributed by atoms with Gasteiger partial charge >= 0.3 is 0 Å². The molecule has 0 bridgehead atoms. The molecule has 1 fully saturated rings. The van der Waals surface area contributed by atoms with Crippen molar-refractivity contribution in [2.75, 3.05) is 5.73 Å². The first-order chi connectivity index (χ1) is 8.18. The van der Waals surface area contributed by atoms with Crippen molar-refractivity contribution in [2.45, 2.75) is 44.4 Å². The zero-order valence-corrected chi connectivity index (χ0v) is 10.1. The van der Waals surface area contributed by atoms with E-state index in [4.69, 9.17) is 11.5 Å². The van der Waals surface area contributed by atoms with Gasteiger partial charge in [-0.1, -0.05) is 31.4 Å². The minimum atomic E-state index is -0.285. The Morgan fingerprint density at radius 1 is 1.24 bits per heavy atom. The molecule has 3 nitrogen and oxygen atoms in total. The van der Waals surface area contributed by atoms with Gasteiger partial charge in [0.25, 0.3) is 0 Å². The van der Waals surface area contributed by atoms with E-state index in [0.717, 1.165) is 11.3 Å². The second-order valence-electron chi connectivity index (χ2n) is 4.90. The first-order valence-corrected chi connectivity index (χ1v) is 6.34. The summed E-state index contributed by atoms with van der Waals surface area (Å²) in [6, 6.07) is 5.80. The van der Waals surface area contributed by atoms with Crippen molar-refractivity contribution in [1.82, 2.24) is 0 Å². The molecule has 0 heterocycles. The van der Waals surface area contributed by atoms with Gasteiger partial charge in [-0.25, -0.2) is 0 Å². The predicted molar refractivity (Wildman–Crippen MR) is 69.6 cm³/mol. The molecule has 4 N–H and O–H groups in total. The van der Waals surface area contributed by atoms with Gasteiger partial charge in [0.1, 0.15) is 0 Å². The summed E-state index contributed by atoms with van der Waals surface area (Å²) in [6.45, 7) is 0. The van der Waals surface area contributed by atoms with E-state index in [1.54, 1.807) is 0 Å². The molecular weight excluding hydrogens is 212 g/mol. The third kappa shape index (κ3) is 2.78. The summed E-state index contributed by atoms with van der Waals surface area (Å²) < 4.78 is 0. The molecular formula is C14H20N2O. The largest absolute Gasteiger partial charge is 0.398 e. The smallest absolute Gasteiger partial charge is 0.221 e. The summed E-state index contributed by atoms with van der Waals surface area (Å²) in [5.41, 5.74) is 14.4. The van der Waals surface area contributed by atoms with Gasteiger partial charge in [0.2, 0.25) is 5.91 Å². The summed E-state index contributed by atoms with van der Waals surface area (Å²) >= 11 is 0. The minimum absolute atomic E-state index is 0.285. The van der Waals surface area contributed by atoms with Crippen LogP contribution in [0, 0.1) is 0 Å². The van der Waals surface area contributed by atoms with E-state index in [0.29, 0.717) is 12.3 Å². The number of benzene rings is 1. The lowest BCUT2D eigenvalue weighted by atomic mass is 9.80. The molecule has 0 saturated heterocycles. The van der Waals surface area contributed by atoms with E-state index in [2.05, 4.69) is 0 Å². The summed E-state index contributed by atoms with van der Waals surface area (Å²) in [5.74, 6) is 0.229. The second kappa shape index (κ2) is 5.21. The molecule has 1 aromatic carbocycles. The lowest BCUT2D eigenvalue weighted by molar-refractivity contribution is -0.117. The molecule has 0 unspecified atom stereocenters. The van der Waals surface area contributed by atoms with Gasteiger partial charge < -0.3 is 11.5 Å². The van der Waals surface area contributed by atoms with Gasteiger partial charge in [-0.3, -0.25) is 4.79 Å². The van der Waals surface area contributed by atoms with Crippen LogP contribution in [0.3, 0.4) is 0 Å². The van der Waals surface area contributed by atoms with Crippen LogP contribution >= 0.6 is 0 Å². The molecule has 1 aliphatic carbocycles. The molecule has 0 spiro atoms. The first kappa shape index (κ1) is 12.0. The zero-order valence-electron chi connectivity index (χ0n) is 10.1. The van der Waals surface area contributed by atoms with E-state index < -0.39 is 0 Å². The van der Waals surface area contributed by atoms with Crippen molar-refractivity contribution >= 4 is 11.6 Å². The predicted octanol–water partition coefficient (Wildman–Crippen LogP) is 2.34. The quantitative estimate of drug-likeness (QED) is 0.785. The summed E-state index contributed by atoms with van der Waals surface area (Å²) in [5, 5.41) is 0. The van der Waals surface area contributed by atoms with Crippen molar-refractivity contribution in [2.24, 2.45) is 5.73 Å². The summed E-state index contributed by atoms with van der Waals surface area (Å²) in [7, 11) is 0. The average Bonchev–Trinajstić information content (AvgIpc) is 2.29. The second-order valence-corrected chi connectivity index (χ2v) is 4.90. The Bertz CT molecular complexity index is 409. The normalized spacial score (nSPS) is 16.9. The molecule has 2 rings (SSSR count). The highest BCUT2D eigenvalue weighted by atomic mass is 16.1. The van der Waals surface area contributed by atoms with Crippen LogP contribution in [0.15, 0.2) is 18.2 Å². The van der Waals surface area contributed by atoms with Crippen LogP contribution in [-0.4, -0.2) is 5.91 Å². The van der Waals surface area contributed by atoms with Crippen LogP contribution in [-0.2, 0) is 11.2 Å². The Kier molecular flexibility index (Phi) is 3.67. The van der Waals surface area contributed by atoms with Crippen molar-refractivity contribution < 1.29 is 4.79 Å². The molecule has 0 atom stereocenters. The fourth-order valence-corrected chi connectivity index (χ4v) is 2.86. The molecule has 0 aliphatic heterocycles. The van der Waals surface area contributed by atoms with Crippen molar-refractivity contribution in [3.8, 4) is 0 Å². The van der Waals surface area contributed by atoms with E-state index in [1.807, 2.05) is 18.2 Å². The summed E-state index contributed by atoms with van der Waals surface area (Å²) in [4.78, 5) is 11.1. The fraction of sp³-hybridized carbons (Fsp3) is 0.500. The average molecular weight is 232 g/mol. The highest BCUT2D eigenvalue weighted by molar-refractivity contribution is 5.77. The Morgan fingerprint density at radius 2 is 1.94 bits per heavy atom. The summed E-state index contributed by atoms with van der Waals surface area (Å²) in [6.07, 6.45) is 6.50. The maximum atomic E-state index is 11.1. The number of hydrogen-bond donors (Lipinski definition) is 2. The maximum Gasteiger partial charge on any atom is 0.221 e. The van der Waals surface area contributed by atoms with Crippen molar-refractivity contribution in [1.29, 1.82) is 0 Å². The fourth-order valence-electron chi connectivity index (χ4n) is 2.86. The van der Waals surface area contributed by atoms with Gasteiger partial charge in [-0.2, -0.15) is 0 Å². The van der Waals surface area contributed by atoms with Crippen LogP contribution in [0.4, 0.5) is 5.69 Å². The molecule has 0 aromatic heterocycles. The van der Waals surface area contributed by atoms with Crippen LogP contribution in [0.1, 0.15) is 49.1 Å². The molecule has 1 saturated carbocycles. The number of carbonyl (C=O) groups is 1. The van der Waals surface area contributed by atoms with Gasteiger partial charge in [0.05, 0.1) is 6.42 Å². The SMILES string of the molecule is NC(=O)Cc1cccc(N)c1C1CCCCC1. The Hall–Kier alpha value is -1.51. The topological polar surface area (TPSA) is 69.1 Å². The van der Waals surface area contributed by atoms with Crippen LogP contribution in [0.2, 0.25) is 0 Å². The van der Waals surface area contributed by atoms with Gasteiger partial charge in [-0.05, 0) is 36.0 Å². The Balaban J connectivity index is 2.31. The maximum absolute atomic E-state index is 11.1. The number of primary amides is 1. The molecule has 1 amide bonds. The number of amides is 1. The molecule has 1 aliphatic rings. The number of nitrogens with two attached hydrogens (primary N) is 2. The number of nitrogen functional groups attached to an aromatic ring is 1. The van der Waals surface area contributed by atoms with Gasteiger partial charge in [0, 0.05) is 5.69 Å². The lowest BCUT2D eigenvalue weighted by Crippen LogP contribution is -2.17. The van der Waals surface area contributed by atoms with Crippen molar-refractivity contribution in [3.63, 3.8) is 0 Å². The molecule has 0 radical (unpaired) electrons. The van der Waals surface area contributed by atoms with E-state index in [1.165, 1.54) is 37.7 Å². The number of rotatable bonds is 3. The number of hydrogen-bond acceptors (Lipinski definition) is 2. The number of anilines is 1. The highest BCUT2D eigenvalue weighted by Gasteiger charge is 2.21. The van der Waals surface area contributed by atoms with E-state index in [-0.39, 0.29) is 5.91 Å². The third-order valence-corrected chi connectivity index (χ3v) is 3.61. The van der Waals surface area contributed by atoms with E-state index >= 15 is 0 Å². The molecule has 92 valence electrons. The lowest BCUT2D eigenvalue weighted by Gasteiger charge is -2.25. The van der Waals surface area contributed by atoms with E-state index in [9.17, 15) is 4.79 Å². The van der Waals surface area contributed by atoms with Crippen molar-refractivity contribution in [3.05, 3.63) is 29.3 Å². The Labute approximate surface area is 102 Å². The van der Waals surface area contributed by atoms with Gasteiger partial charge in [0.15, 0.2) is 0 Å². The monoisotopic (exact) mass is 232 g/mol. The zero-order chi connectivity index (χ0) is 12.3.